The van der Waals surface area contributed by atoms with Crippen molar-refractivity contribution in [2.75, 3.05) is 0 Å². The average molecular weight is 358 g/mol. The molecule has 1 unspecified atom stereocenters. The van der Waals surface area contributed by atoms with Crippen molar-refractivity contribution in [1.82, 2.24) is 9.97 Å². The number of pyridine rings is 1. The zero-order chi connectivity index (χ0) is 18.6. The highest BCUT2D eigenvalue weighted by atomic mass is 16.5. The third-order valence-corrected chi connectivity index (χ3v) is 4.79. The summed E-state index contributed by atoms with van der Waals surface area (Å²) >= 11 is 0. The van der Waals surface area contributed by atoms with Gasteiger partial charge in [-0.15, -0.1) is 0 Å². The van der Waals surface area contributed by atoms with Crippen molar-refractivity contribution in [2.45, 2.75) is 26.1 Å². The number of nitrogens with zero attached hydrogens (tertiary/aromatic N) is 1. The topological polar surface area (TPSA) is 58.1 Å². The molecule has 4 heteroatoms. The van der Waals surface area contributed by atoms with Crippen molar-refractivity contribution in [2.24, 2.45) is 0 Å². The van der Waals surface area contributed by atoms with E-state index in [0.29, 0.717) is 6.61 Å². The Kier molecular flexibility index (Phi) is 4.90. The van der Waals surface area contributed by atoms with Crippen molar-refractivity contribution < 1.29 is 9.84 Å². The Hall–Kier alpha value is -3.11. The SMILES string of the molecule is CCc1[nH]c2cnccc2c1C(O)c1ccc(OCc2ccccc2)cc1. The van der Waals surface area contributed by atoms with Crippen LogP contribution in [-0.4, -0.2) is 15.1 Å². The fourth-order valence-electron chi connectivity index (χ4n) is 3.37. The second-order valence-electron chi connectivity index (χ2n) is 6.54. The van der Waals surface area contributed by atoms with Crippen LogP contribution in [0.15, 0.2) is 73.1 Å². The number of aliphatic hydroxyl groups is 1. The number of hydrogen-bond acceptors (Lipinski definition) is 3. The third-order valence-electron chi connectivity index (χ3n) is 4.79. The van der Waals surface area contributed by atoms with Crippen molar-refractivity contribution in [1.29, 1.82) is 0 Å². The molecule has 0 aliphatic rings. The number of H-pyrrole nitrogens is 1. The molecular weight excluding hydrogens is 336 g/mol. The minimum Gasteiger partial charge on any atom is -0.489 e. The first-order valence-corrected chi connectivity index (χ1v) is 9.15. The molecular formula is C23H22N2O2. The van der Waals surface area contributed by atoms with Gasteiger partial charge in [-0.2, -0.15) is 0 Å². The predicted octanol–water partition coefficient (Wildman–Crippen LogP) is 4.79. The summed E-state index contributed by atoms with van der Waals surface area (Å²) in [6.07, 6.45) is 3.68. The molecule has 0 saturated carbocycles. The maximum Gasteiger partial charge on any atom is 0.119 e. The normalized spacial score (nSPS) is 12.2. The number of hydrogen-bond donors (Lipinski definition) is 2. The molecule has 136 valence electrons. The second kappa shape index (κ2) is 7.64. The number of fused-ring (bicyclic) bond motifs is 1. The summed E-state index contributed by atoms with van der Waals surface area (Å²) in [5.74, 6) is 0.786. The number of aryl methyl sites for hydroxylation is 1. The van der Waals surface area contributed by atoms with Gasteiger partial charge in [0.25, 0.3) is 0 Å². The van der Waals surface area contributed by atoms with E-state index >= 15 is 0 Å². The van der Waals surface area contributed by atoms with Gasteiger partial charge in [0, 0.05) is 22.8 Å². The van der Waals surface area contributed by atoms with Crippen molar-refractivity contribution in [3.63, 3.8) is 0 Å². The Morgan fingerprint density at radius 2 is 1.81 bits per heavy atom. The van der Waals surface area contributed by atoms with Gasteiger partial charge in [0.2, 0.25) is 0 Å². The van der Waals surface area contributed by atoms with Crippen LogP contribution < -0.4 is 4.74 Å². The minimum absolute atomic E-state index is 0.526. The van der Waals surface area contributed by atoms with Crippen LogP contribution in [0.25, 0.3) is 10.9 Å². The molecule has 0 spiro atoms. The molecule has 2 heterocycles. The number of benzene rings is 2. The molecule has 4 aromatic rings. The van der Waals surface area contributed by atoms with Crippen molar-refractivity contribution >= 4 is 10.9 Å². The Labute approximate surface area is 158 Å². The summed E-state index contributed by atoms with van der Waals surface area (Å²) < 4.78 is 5.84. The fourth-order valence-corrected chi connectivity index (χ4v) is 3.37. The van der Waals surface area contributed by atoms with Crippen LogP contribution in [0.2, 0.25) is 0 Å². The van der Waals surface area contributed by atoms with Crippen molar-refractivity contribution in [3.05, 3.63) is 95.4 Å². The first kappa shape index (κ1) is 17.3. The Bertz CT molecular complexity index is 1020. The molecule has 0 aliphatic heterocycles. The van der Waals surface area contributed by atoms with Crippen LogP contribution in [0.4, 0.5) is 0 Å². The second-order valence-corrected chi connectivity index (χ2v) is 6.54. The lowest BCUT2D eigenvalue weighted by Gasteiger charge is -2.14. The fraction of sp³-hybridized carbons (Fsp3) is 0.174. The largest absolute Gasteiger partial charge is 0.489 e. The Morgan fingerprint density at radius 1 is 1.04 bits per heavy atom. The minimum atomic E-state index is -0.695. The molecule has 0 aliphatic carbocycles. The smallest absolute Gasteiger partial charge is 0.119 e. The van der Waals surface area contributed by atoms with Crippen LogP contribution in [0.3, 0.4) is 0 Å². The predicted molar refractivity (Wildman–Crippen MR) is 107 cm³/mol. The van der Waals surface area contributed by atoms with Gasteiger partial charge in [-0.3, -0.25) is 4.98 Å². The number of ether oxygens (including phenoxy) is 1. The molecule has 0 saturated heterocycles. The van der Waals surface area contributed by atoms with E-state index in [4.69, 9.17) is 4.74 Å². The zero-order valence-corrected chi connectivity index (χ0v) is 15.2. The maximum atomic E-state index is 11.0. The summed E-state index contributed by atoms with van der Waals surface area (Å²) in [4.78, 5) is 7.53. The molecule has 0 bridgehead atoms. The maximum absolute atomic E-state index is 11.0. The molecule has 2 aromatic heterocycles. The molecule has 1 atom stereocenters. The zero-order valence-electron chi connectivity index (χ0n) is 15.2. The summed E-state index contributed by atoms with van der Waals surface area (Å²) in [5.41, 5.74) is 4.88. The number of nitrogens with one attached hydrogen (secondary N) is 1. The molecule has 0 fully saturated rings. The quantitative estimate of drug-likeness (QED) is 0.521. The van der Waals surface area contributed by atoms with Crippen LogP contribution in [0, 0.1) is 0 Å². The van der Waals surface area contributed by atoms with E-state index in [1.165, 1.54) is 0 Å². The van der Waals surface area contributed by atoms with E-state index in [-0.39, 0.29) is 0 Å². The standard InChI is InChI=1S/C23H22N2O2/c1-2-20-22(19-12-13-24-14-21(19)25-20)23(26)17-8-10-18(11-9-17)27-15-16-6-4-3-5-7-16/h3-14,23,25-26H,2,15H2,1H3. The third kappa shape index (κ3) is 3.57. The lowest BCUT2D eigenvalue weighted by Crippen LogP contribution is -2.02. The van der Waals surface area contributed by atoms with Gasteiger partial charge < -0.3 is 14.8 Å². The Balaban J connectivity index is 1.55. The van der Waals surface area contributed by atoms with Crippen LogP contribution in [0.5, 0.6) is 5.75 Å². The van der Waals surface area contributed by atoms with Crippen LogP contribution >= 0.6 is 0 Å². The highest BCUT2D eigenvalue weighted by molar-refractivity contribution is 5.84. The summed E-state index contributed by atoms with van der Waals surface area (Å²) in [6, 6.07) is 19.7. The van der Waals surface area contributed by atoms with Crippen LogP contribution in [-0.2, 0) is 13.0 Å². The summed E-state index contributed by atoms with van der Waals surface area (Å²) in [5, 5.41) is 12.0. The highest BCUT2D eigenvalue weighted by Crippen LogP contribution is 2.32. The van der Waals surface area contributed by atoms with E-state index < -0.39 is 6.10 Å². The lowest BCUT2D eigenvalue weighted by molar-refractivity contribution is 0.220. The van der Waals surface area contributed by atoms with Crippen molar-refractivity contribution in [3.8, 4) is 5.75 Å². The number of aromatic amines is 1. The molecule has 0 radical (unpaired) electrons. The average Bonchev–Trinajstić information content (AvgIpc) is 3.11. The van der Waals surface area contributed by atoms with E-state index in [1.54, 1.807) is 12.4 Å². The first-order valence-electron chi connectivity index (χ1n) is 9.15. The molecule has 4 rings (SSSR count). The van der Waals surface area contributed by atoms with Gasteiger partial charge in [-0.05, 0) is 35.7 Å². The van der Waals surface area contributed by atoms with Gasteiger partial charge >= 0.3 is 0 Å². The van der Waals surface area contributed by atoms with E-state index in [2.05, 4.69) is 16.9 Å². The molecule has 27 heavy (non-hydrogen) atoms. The highest BCUT2D eigenvalue weighted by Gasteiger charge is 2.19. The summed E-state index contributed by atoms with van der Waals surface area (Å²) in [6.45, 7) is 2.60. The molecule has 2 N–H and O–H groups in total. The van der Waals surface area contributed by atoms with Gasteiger partial charge in [-0.1, -0.05) is 49.4 Å². The monoisotopic (exact) mass is 358 g/mol. The Morgan fingerprint density at radius 3 is 2.56 bits per heavy atom. The number of rotatable bonds is 6. The number of aromatic nitrogens is 2. The summed E-state index contributed by atoms with van der Waals surface area (Å²) in [7, 11) is 0. The lowest BCUT2D eigenvalue weighted by atomic mass is 9.98. The molecule has 2 aromatic carbocycles. The van der Waals surface area contributed by atoms with Gasteiger partial charge in [-0.25, -0.2) is 0 Å². The first-order chi connectivity index (χ1) is 13.3. The van der Waals surface area contributed by atoms with Gasteiger partial charge in [0.1, 0.15) is 18.5 Å². The van der Waals surface area contributed by atoms with Crippen LogP contribution in [0.1, 0.15) is 35.4 Å². The number of aliphatic hydroxyl groups excluding tert-OH is 1. The van der Waals surface area contributed by atoms with E-state index in [0.717, 1.165) is 45.5 Å². The molecule has 4 nitrogen and oxygen atoms in total. The van der Waals surface area contributed by atoms with E-state index in [9.17, 15) is 5.11 Å². The van der Waals surface area contributed by atoms with E-state index in [1.807, 2.05) is 60.7 Å². The van der Waals surface area contributed by atoms with Gasteiger partial charge in [0.15, 0.2) is 0 Å². The van der Waals surface area contributed by atoms with Gasteiger partial charge in [0.05, 0.1) is 11.7 Å². The molecule has 0 amide bonds.